The molecule has 0 fully saturated rings. The molecule has 0 aliphatic carbocycles. The summed E-state index contributed by atoms with van der Waals surface area (Å²) in [4.78, 5) is 13.9. The Labute approximate surface area is 154 Å². The Morgan fingerprint density at radius 2 is 1.81 bits per heavy atom. The van der Waals surface area contributed by atoms with Gasteiger partial charge in [0.25, 0.3) is 0 Å². The molecule has 2 amide bonds. The lowest BCUT2D eigenvalue weighted by Gasteiger charge is -2.18. The highest BCUT2D eigenvalue weighted by Gasteiger charge is 2.09. The maximum atomic E-state index is 12.2. The molecule has 134 valence electrons. The number of ether oxygens (including phenoxy) is 1. The van der Waals surface area contributed by atoms with Gasteiger partial charge < -0.3 is 15.0 Å². The van der Waals surface area contributed by atoms with Crippen molar-refractivity contribution in [1.82, 2.24) is 10.2 Å². The Morgan fingerprint density at radius 1 is 1.00 bits per heavy atom. The number of nitrogens with zero attached hydrogens (tertiary/aromatic N) is 1. The largest absolute Gasteiger partial charge is 0.492 e. The van der Waals surface area contributed by atoms with Gasteiger partial charge in [0.05, 0.1) is 6.54 Å². The summed E-state index contributed by atoms with van der Waals surface area (Å²) in [5.41, 5.74) is 2.26. The van der Waals surface area contributed by atoms with Gasteiger partial charge in [-0.3, -0.25) is 0 Å². The molecule has 0 radical (unpaired) electrons. The van der Waals surface area contributed by atoms with Crippen molar-refractivity contribution in [3.8, 4) is 5.75 Å². The Bertz CT molecular complexity index is 892. The summed E-state index contributed by atoms with van der Waals surface area (Å²) in [5, 5.41) is 5.28. The van der Waals surface area contributed by atoms with Crippen LogP contribution in [0.15, 0.2) is 66.7 Å². The molecule has 1 N–H and O–H groups in total. The second-order valence-corrected chi connectivity index (χ2v) is 6.43. The number of nitrogens with one attached hydrogen (secondary N) is 1. The van der Waals surface area contributed by atoms with Crippen LogP contribution < -0.4 is 10.1 Å². The van der Waals surface area contributed by atoms with Gasteiger partial charge in [-0.15, -0.1) is 0 Å². The van der Waals surface area contributed by atoms with Crippen LogP contribution in [-0.2, 0) is 6.54 Å². The van der Waals surface area contributed by atoms with Gasteiger partial charge in [0.15, 0.2) is 0 Å². The standard InChI is InChI=1S/C22H24N2O2/c1-17-6-5-9-21(14-17)26-13-12-23-22(25)24(2)16-18-10-11-19-7-3-4-8-20(19)15-18/h3-11,14-15H,12-13,16H2,1-2H3,(H,23,25). The summed E-state index contributed by atoms with van der Waals surface area (Å²) in [6.07, 6.45) is 0. The highest BCUT2D eigenvalue weighted by Crippen LogP contribution is 2.16. The van der Waals surface area contributed by atoms with E-state index in [-0.39, 0.29) is 6.03 Å². The molecule has 4 nitrogen and oxygen atoms in total. The third kappa shape index (κ3) is 4.76. The average Bonchev–Trinajstić information content (AvgIpc) is 2.65. The molecular formula is C22H24N2O2. The van der Waals surface area contributed by atoms with Crippen LogP contribution in [0.4, 0.5) is 4.79 Å². The van der Waals surface area contributed by atoms with E-state index in [9.17, 15) is 4.79 Å². The van der Waals surface area contributed by atoms with Gasteiger partial charge in [-0.2, -0.15) is 0 Å². The summed E-state index contributed by atoms with van der Waals surface area (Å²) < 4.78 is 5.65. The van der Waals surface area contributed by atoms with Crippen molar-refractivity contribution >= 4 is 16.8 Å². The van der Waals surface area contributed by atoms with Crippen molar-refractivity contribution in [2.75, 3.05) is 20.2 Å². The zero-order valence-corrected chi connectivity index (χ0v) is 15.2. The second-order valence-electron chi connectivity index (χ2n) is 6.43. The summed E-state index contributed by atoms with van der Waals surface area (Å²) in [6, 6.07) is 22.3. The minimum Gasteiger partial charge on any atom is -0.492 e. The van der Waals surface area contributed by atoms with E-state index >= 15 is 0 Å². The third-order valence-electron chi connectivity index (χ3n) is 4.22. The van der Waals surface area contributed by atoms with Crippen molar-refractivity contribution in [3.63, 3.8) is 0 Å². The molecule has 3 rings (SSSR count). The average molecular weight is 348 g/mol. The van der Waals surface area contributed by atoms with Gasteiger partial charge in [0.2, 0.25) is 0 Å². The van der Waals surface area contributed by atoms with E-state index in [4.69, 9.17) is 4.74 Å². The van der Waals surface area contributed by atoms with E-state index in [0.717, 1.165) is 16.9 Å². The quantitative estimate of drug-likeness (QED) is 0.672. The van der Waals surface area contributed by atoms with Gasteiger partial charge in [-0.1, -0.05) is 48.5 Å². The van der Waals surface area contributed by atoms with Crippen molar-refractivity contribution in [2.24, 2.45) is 0 Å². The molecule has 4 heteroatoms. The van der Waals surface area contributed by atoms with E-state index in [1.165, 1.54) is 10.8 Å². The predicted octanol–water partition coefficient (Wildman–Crippen LogP) is 4.37. The number of rotatable bonds is 6. The first-order valence-electron chi connectivity index (χ1n) is 8.78. The number of carbonyl (C=O) groups is 1. The molecule has 0 aliphatic rings. The summed E-state index contributed by atoms with van der Waals surface area (Å²) in [5.74, 6) is 0.823. The van der Waals surface area contributed by atoms with E-state index in [0.29, 0.717) is 19.7 Å². The molecule has 0 heterocycles. The predicted molar refractivity (Wildman–Crippen MR) is 105 cm³/mol. The van der Waals surface area contributed by atoms with Gasteiger partial charge in [0, 0.05) is 13.6 Å². The second kappa shape index (κ2) is 8.39. The number of hydrogen-bond acceptors (Lipinski definition) is 2. The molecule has 26 heavy (non-hydrogen) atoms. The first-order chi connectivity index (χ1) is 12.6. The van der Waals surface area contributed by atoms with Crippen molar-refractivity contribution in [2.45, 2.75) is 13.5 Å². The zero-order valence-electron chi connectivity index (χ0n) is 15.2. The SMILES string of the molecule is Cc1cccc(OCCNC(=O)N(C)Cc2ccc3ccccc3c2)c1. The van der Waals surface area contributed by atoms with Crippen LogP contribution in [0.3, 0.4) is 0 Å². The van der Waals surface area contributed by atoms with E-state index in [1.807, 2.05) is 43.3 Å². The smallest absolute Gasteiger partial charge is 0.317 e. The minimum absolute atomic E-state index is 0.106. The molecule has 0 aromatic heterocycles. The highest BCUT2D eigenvalue weighted by molar-refractivity contribution is 5.83. The maximum absolute atomic E-state index is 12.2. The van der Waals surface area contributed by atoms with Crippen LogP contribution in [0.2, 0.25) is 0 Å². The number of urea groups is 1. The van der Waals surface area contributed by atoms with Gasteiger partial charge in [-0.05, 0) is 47.0 Å². The van der Waals surface area contributed by atoms with E-state index < -0.39 is 0 Å². The Hall–Kier alpha value is -3.01. The van der Waals surface area contributed by atoms with Gasteiger partial charge in [-0.25, -0.2) is 4.79 Å². The number of hydrogen-bond donors (Lipinski definition) is 1. The summed E-state index contributed by atoms with van der Waals surface area (Å²) in [7, 11) is 1.80. The summed E-state index contributed by atoms with van der Waals surface area (Å²) in [6.45, 7) is 3.50. The Morgan fingerprint density at radius 3 is 2.62 bits per heavy atom. The first kappa shape index (κ1) is 17.8. The van der Waals surface area contributed by atoms with Crippen LogP contribution in [0.25, 0.3) is 10.8 Å². The maximum Gasteiger partial charge on any atom is 0.317 e. The molecule has 0 saturated heterocycles. The van der Waals surface area contributed by atoms with Gasteiger partial charge >= 0.3 is 6.03 Å². The fourth-order valence-electron chi connectivity index (χ4n) is 2.85. The number of fused-ring (bicyclic) bond motifs is 1. The van der Waals surface area contributed by atoms with E-state index in [1.54, 1.807) is 11.9 Å². The lowest BCUT2D eigenvalue weighted by Crippen LogP contribution is -2.38. The van der Waals surface area contributed by atoms with Crippen molar-refractivity contribution in [1.29, 1.82) is 0 Å². The molecule has 3 aromatic rings. The molecule has 3 aromatic carbocycles. The normalized spacial score (nSPS) is 10.5. The van der Waals surface area contributed by atoms with Crippen LogP contribution in [0.5, 0.6) is 5.75 Å². The molecule has 0 unspecified atom stereocenters. The molecule has 0 atom stereocenters. The monoisotopic (exact) mass is 348 g/mol. The fourth-order valence-corrected chi connectivity index (χ4v) is 2.85. The van der Waals surface area contributed by atoms with Crippen molar-refractivity contribution in [3.05, 3.63) is 77.9 Å². The molecule has 0 saturated carbocycles. The number of benzene rings is 3. The first-order valence-corrected chi connectivity index (χ1v) is 8.78. The zero-order chi connectivity index (χ0) is 18.4. The Kier molecular flexibility index (Phi) is 5.74. The Balaban J connectivity index is 1.46. The minimum atomic E-state index is -0.106. The number of carbonyl (C=O) groups excluding carboxylic acids is 1. The fraction of sp³-hybridized carbons (Fsp3) is 0.227. The number of aryl methyl sites for hydroxylation is 1. The molecule has 0 spiro atoms. The topological polar surface area (TPSA) is 41.6 Å². The lowest BCUT2D eigenvalue weighted by molar-refractivity contribution is 0.203. The van der Waals surface area contributed by atoms with Crippen LogP contribution in [-0.4, -0.2) is 31.1 Å². The highest BCUT2D eigenvalue weighted by atomic mass is 16.5. The van der Waals surface area contributed by atoms with Crippen LogP contribution >= 0.6 is 0 Å². The third-order valence-corrected chi connectivity index (χ3v) is 4.22. The van der Waals surface area contributed by atoms with Crippen LogP contribution in [0.1, 0.15) is 11.1 Å². The molecule has 0 bridgehead atoms. The number of amides is 2. The summed E-state index contributed by atoms with van der Waals surface area (Å²) >= 11 is 0. The van der Waals surface area contributed by atoms with Gasteiger partial charge in [0.1, 0.15) is 12.4 Å². The molecular weight excluding hydrogens is 324 g/mol. The van der Waals surface area contributed by atoms with Crippen LogP contribution in [0, 0.1) is 6.92 Å². The lowest BCUT2D eigenvalue weighted by atomic mass is 10.1. The van der Waals surface area contributed by atoms with Crippen molar-refractivity contribution < 1.29 is 9.53 Å². The van der Waals surface area contributed by atoms with E-state index in [2.05, 4.69) is 35.6 Å². The molecule has 0 aliphatic heterocycles.